The maximum absolute atomic E-state index is 6.22. The maximum atomic E-state index is 6.22. The Morgan fingerprint density at radius 2 is 2.06 bits per heavy atom. The molecule has 17 heavy (non-hydrogen) atoms. The summed E-state index contributed by atoms with van der Waals surface area (Å²) < 4.78 is 0. The molecule has 1 fully saturated rings. The molecular weight excluding hydrogens is 255 g/mol. The number of hydrogen-bond donors (Lipinski definition) is 0. The van der Waals surface area contributed by atoms with E-state index in [2.05, 4.69) is 11.0 Å². The average Bonchev–Trinajstić information content (AvgIpc) is 2.52. The van der Waals surface area contributed by atoms with Crippen molar-refractivity contribution in [2.45, 2.75) is 32.2 Å². The topological polar surface area (TPSA) is 15.6 Å². The second-order valence-corrected chi connectivity index (χ2v) is 4.90. The molecule has 0 atom stereocenters. The predicted molar refractivity (Wildman–Crippen MR) is 74.7 cm³/mol. The first kappa shape index (κ1) is 12.7. The minimum atomic E-state index is 0. The lowest BCUT2D eigenvalue weighted by atomic mass is 10.1. The van der Waals surface area contributed by atoms with Crippen molar-refractivity contribution in [3.63, 3.8) is 0 Å². The first-order valence-corrected chi connectivity index (χ1v) is 6.32. The highest BCUT2D eigenvalue weighted by atomic mass is 35.5. The van der Waals surface area contributed by atoms with Gasteiger partial charge in [0.1, 0.15) is 5.84 Å². The van der Waals surface area contributed by atoms with Crippen LogP contribution in [0.2, 0.25) is 5.02 Å². The molecule has 0 unspecified atom stereocenters. The van der Waals surface area contributed by atoms with Gasteiger partial charge in [-0.25, -0.2) is 4.99 Å². The molecule has 0 spiro atoms. The number of halogens is 2. The van der Waals surface area contributed by atoms with Crippen LogP contribution in [0.3, 0.4) is 0 Å². The van der Waals surface area contributed by atoms with Crippen molar-refractivity contribution >= 4 is 35.5 Å². The molecule has 0 bridgehead atoms. The van der Waals surface area contributed by atoms with Crippen molar-refractivity contribution < 1.29 is 0 Å². The quantitative estimate of drug-likeness (QED) is 0.691. The molecule has 0 N–H and O–H groups in total. The summed E-state index contributed by atoms with van der Waals surface area (Å²) in [6.07, 6.45) is 4.98. The Morgan fingerprint density at radius 1 is 1.18 bits per heavy atom. The van der Waals surface area contributed by atoms with Crippen LogP contribution >= 0.6 is 24.0 Å². The highest BCUT2D eigenvalue weighted by molar-refractivity contribution is 6.31. The number of fused-ring (bicyclic) bond motifs is 2. The van der Waals surface area contributed by atoms with Gasteiger partial charge in [-0.3, -0.25) is 0 Å². The van der Waals surface area contributed by atoms with Crippen LogP contribution in [0.15, 0.2) is 23.2 Å². The van der Waals surface area contributed by atoms with Crippen LogP contribution in [-0.2, 0) is 6.54 Å². The van der Waals surface area contributed by atoms with Crippen LogP contribution in [0.4, 0.5) is 5.69 Å². The minimum absolute atomic E-state index is 0. The zero-order valence-electron chi connectivity index (χ0n) is 9.66. The van der Waals surface area contributed by atoms with Crippen LogP contribution in [0.5, 0.6) is 0 Å². The number of amidine groups is 1. The molecule has 0 radical (unpaired) electrons. The van der Waals surface area contributed by atoms with Gasteiger partial charge in [0.05, 0.1) is 5.69 Å². The summed E-state index contributed by atoms with van der Waals surface area (Å²) in [7, 11) is 0. The van der Waals surface area contributed by atoms with Gasteiger partial charge in [-0.15, -0.1) is 12.4 Å². The fourth-order valence-electron chi connectivity index (χ4n) is 2.49. The monoisotopic (exact) mass is 270 g/mol. The zero-order valence-corrected chi connectivity index (χ0v) is 11.2. The van der Waals surface area contributed by atoms with Gasteiger partial charge in [-0.05, 0) is 25.0 Å². The molecule has 2 nitrogen and oxygen atoms in total. The van der Waals surface area contributed by atoms with E-state index in [1.807, 2.05) is 12.1 Å². The summed E-state index contributed by atoms with van der Waals surface area (Å²) in [6, 6.07) is 6.01. The van der Waals surface area contributed by atoms with E-state index in [0.717, 1.165) is 30.2 Å². The van der Waals surface area contributed by atoms with Crippen LogP contribution < -0.4 is 0 Å². The van der Waals surface area contributed by atoms with E-state index in [1.54, 1.807) is 0 Å². The Bertz CT molecular complexity index is 443. The SMILES string of the molecule is Cl.Clc1cccc2c1CN1CCCCCC1=N2. The summed E-state index contributed by atoms with van der Waals surface area (Å²) in [5, 5.41) is 0.851. The molecule has 0 saturated carbocycles. The van der Waals surface area contributed by atoms with E-state index in [-0.39, 0.29) is 12.4 Å². The number of aliphatic imine (C=N–C) groups is 1. The summed E-state index contributed by atoms with van der Waals surface area (Å²) in [6.45, 7) is 2.07. The highest BCUT2D eigenvalue weighted by Crippen LogP contribution is 2.33. The van der Waals surface area contributed by atoms with Gasteiger partial charge in [0.25, 0.3) is 0 Å². The highest BCUT2D eigenvalue weighted by Gasteiger charge is 2.22. The molecule has 4 heteroatoms. The van der Waals surface area contributed by atoms with Crippen LogP contribution in [-0.4, -0.2) is 17.3 Å². The molecule has 1 saturated heterocycles. The molecule has 1 aromatic rings. The number of nitrogens with zero attached hydrogens (tertiary/aromatic N) is 2. The first-order valence-electron chi connectivity index (χ1n) is 5.94. The van der Waals surface area contributed by atoms with Gasteiger partial charge in [-0.1, -0.05) is 24.1 Å². The van der Waals surface area contributed by atoms with E-state index in [9.17, 15) is 0 Å². The lowest BCUT2D eigenvalue weighted by Gasteiger charge is -2.29. The van der Waals surface area contributed by atoms with Gasteiger partial charge in [0.15, 0.2) is 0 Å². The second kappa shape index (κ2) is 5.28. The largest absolute Gasteiger partial charge is 0.356 e. The number of hydrogen-bond acceptors (Lipinski definition) is 2. The van der Waals surface area contributed by atoms with Gasteiger partial charge in [0, 0.05) is 30.1 Å². The smallest absolute Gasteiger partial charge is 0.105 e. The molecule has 2 heterocycles. The molecule has 2 aliphatic heterocycles. The number of rotatable bonds is 0. The fourth-order valence-corrected chi connectivity index (χ4v) is 2.71. The van der Waals surface area contributed by atoms with Crippen LogP contribution in [0, 0.1) is 0 Å². The van der Waals surface area contributed by atoms with Crippen molar-refractivity contribution in [1.82, 2.24) is 4.90 Å². The number of benzene rings is 1. The van der Waals surface area contributed by atoms with Gasteiger partial charge >= 0.3 is 0 Å². The molecule has 0 aliphatic carbocycles. The standard InChI is InChI=1S/C13H15ClN2.ClH/c14-11-5-4-6-12-10(11)9-16-8-3-1-2-7-13(16)15-12;/h4-6H,1-3,7-9H2;1H. The van der Waals surface area contributed by atoms with Crippen LogP contribution in [0.1, 0.15) is 31.2 Å². The lowest BCUT2D eigenvalue weighted by molar-refractivity contribution is 0.403. The van der Waals surface area contributed by atoms with E-state index >= 15 is 0 Å². The maximum Gasteiger partial charge on any atom is 0.105 e. The third-order valence-electron chi connectivity index (χ3n) is 3.39. The van der Waals surface area contributed by atoms with Gasteiger partial charge in [0.2, 0.25) is 0 Å². The van der Waals surface area contributed by atoms with Crippen molar-refractivity contribution in [2.75, 3.05) is 6.54 Å². The molecule has 0 aromatic heterocycles. The van der Waals surface area contributed by atoms with Gasteiger partial charge < -0.3 is 4.90 Å². The Morgan fingerprint density at radius 3 is 2.94 bits per heavy atom. The summed E-state index contributed by atoms with van der Waals surface area (Å²) in [5.74, 6) is 1.26. The summed E-state index contributed by atoms with van der Waals surface area (Å²) in [5.41, 5.74) is 2.26. The molecule has 0 amide bonds. The second-order valence-electron chi connectivity index (χ2n) is 4.50. The zero-order chi connectivity index (χ0) is 11.0. The molecule has 1 aromatic carbocycles. The van der Waals surface area contributed by atoms with E-state index in [4.69, 9.17) is 16.6 Å². The Kier molecular flexibility index (Phi) is 3.95. The summed E-state index contributed by atoms with van der Waals surface area (Å²) >= 11 is 6.22. The molecule has 2 aliphatic rings. The van der Waals surface area contributed by atoms with Crippen molar-refractivity contribution in [3.05, 3.63) is 28.8 Å². The van der Waals surface area contributed by atoms with Crippen molar-refractivity contribution in [2.24, 2.45) is 4.99 Å². The minimum Gasteiger partial charge on any atom is -0.356 e. The first-order chi connectivity index (χ1) is 7.84. The van der Waals surface area contributed by atoms with E-state index in [0.29, 0.717) is 0 Å². The Hall–Kier alpha value is -0.730. The fraction of sp³-hybridized carbons (Fsp3) is 0.462. The Labute approximate surface area is 113 Å². The predicted octanol–water partition coefficient (Wildman–Crippen LogP) is 4.18. The molecule has 92 valence electrons. The van der Waals surface area contributed by atoms with Crippen LogP contribution in [0.25, 0.3) is 0 Å². The normalized spacial score (nSPS) is 18.4. The van der Waals surface area contributed by atoms with Crippen molar-refractivity contribution in [3.8, 4) is 0 Å². The summed E-state index contributed by atoms with van der Waals surface area (Å²) in [4.78, 5) is 7.14. The lowest BCUT2D eigenvalue weighted by Crippen LogP contribution is -2.32. The Balaban J connectivity index is 0.00000108. The van der Waals surface area contributed by atoms with Crippen molar-refractivity contribution in [1.29, 1.82) is 0 Å². The third-order valence-corrected chi connectivity index (χ3v) is 3.74. The van der Waals surface area contributed by atoms with E-state index < -0.39 is 0 Å². The van der Waals surface area contributed by atoms with Gasteiger partial charge in [-0.2, -0.15) is 0 Å². The van der Waals surface area contributed by atoms with E-state index in [1.165, 1.54) is 30.7 Å². The third kappa shape index (κ3) is 2.43. The average molecular weight is 271 g/mol. The molecule has 3 rings (SSSR count). The molecular formula is C13H16Cl2N2.